The van der Waals surface area contributed by atoms with Crippen molar-refractivity contribution in [1.29, 1.82) is 0 Å². The first-order chi connectivity index (χ1) is 9.06. The molecule has 0 radical (unpaired) electrons. The second-order valence-corrected chi connectivity index (χ2v) is 6.09. The molecule has 0 aliphatic rings. The molecule has 102 valence electrons. The quantitative estimate of drug-likeness (QED) is 0.761. The third-order valence-electron chi connectivity index (χ3n) is 2.85. The minimum atomic E-state index is -3.38. The van der Waals surface area contributed by atoms with E-state index in [-0.39, 0.29) is 5.75 Å². The predicted molar refractivity (Wildman–Crippen MR) is 76.3 cm³/mol. The van der Waals surface area contributed by atoms with Crippen molar-refractivity contribution in [3.63, 3.8) is 0 Å². The van der Waals surface area contributed by atoms with E-state index in [0.29, 0.717) is 13.1 Å². The summed E-state index contributed by atoms with van der Waals surface area (Å²) in [5.74, 6) is -0.0409. The zero-order chi connectivity index (χ0) is 13.7. The van der Waals surface area contributed by atoms with Gasteiger partial charge in [-0.3, -0.25) is 4.98 Å². The zero-order valence-corrected chi connectivity index (χ0v) is 11.4. The van der Waals surface area contributed by atoms with E-state index in [9.17, 15) is 8.42 Å². The lowest BCUT2D eigenvalue weighted by Gasteiger charge is -2.06. The number of primary sulfonamides is 1. The Morgan fingerprint density at radius 3 is 2.74 bits per heavy atom. The van der Waals surface area contributed by atoms with E-state index in [2.05, 4.69) is 10.3 Å². The summed E-state index contributed by atoms with van der Waals surface area (Å²) in [5, 5.41) is 9.11. The Morgan fingerprint density at radius 1 is 1.16 bits per heavy atom. The van der Waals surface area contributed by atoms with Crippen LogP contribution in [0.4, 0.5) is 0 Å². The number of hydrogen-bond acceptors (Lipinski definition) is 4. The van der Waals surface area contributed by atoms with E-state index in [1.807, 2.05) is 30.3 Å². The first kappa shape index (κ1) is 13.9. The first-order valence-corrected chi connectivity index (χ1v) is 7.81. The molecule has 0 fully saturated rings. The van der Waals surface area contributed by atoms with Gasteiger partial charge in [-0.05, 0) is 24.6 Å². The van der Waals surface area contributed by atoms with E-state index in [1.54, 1.807) is 6.20 Å². The first-order valence-electron chi connectivity index (χ1n) is 6.10. The lowest BCUT2D eigenvalue weighted by molar-refractivity contribution is 0.592. The number of nitrogens with two attached hydrogens (primary N) is 1. The Balaban J connectivity index is 1.92. The molecule has 0 unspecified atom stereocenters. The molecule has 1 heterocycles. The smallest absolute Gasteiger partial charge is 0.210 e. The van der Waals surface area contributed by atoms with Gasteiger partial charge in [0, 0.05) is 18.1 Å². The molecule has 3 N–H and O–H groups in total. The van der Waals surface area contributed by atoms with E-state index in [4.69, 9.17) is 5.14 Å². The maximum absolute atomic E-state index is 10.8. The van der Waals surface area contributed by atoms with Gasteiger partial charge in [0.05, 0.1) is 11.3 Å². The summed E-state index contributed by atoms with van der Waals surface area (Å²) in [5.41, 5.74) is 2.15. The highest BCUT2D eigenvalue weighted by atomic mass is 32.2. The minimum absolute atomic E-state index is 0.0409. The Kier molecular flexibility index (Phi) is 4.47. The standard InChI is InChI=1S/C13H17N3O2S/c14-19(17,18)10-9-15-8-6-12-4-1-3-11-5-2-7-16-13(11)12/h1-5,7,15H,6,8-10H2,(H2,14,17,18). The molecule has 0 spiro atoms. The average Bonchev–Trinajstić information content (AvgIpc) is 2.37. The highest BCUT2D eigenvalue weighted by Crippen LogP contribution is 2.15. The van der Waals surface area contributed by atoms with E-state index >= 15 is 0 Å². The zero-order valence-electron chi connectivity index (χ0n) is 10.5. The summed E-state index contributed by atoms with van der Waals surface area (Å²) in [6, 6.07) is 10.0. The van der Waals surface area contributed by atoms with Gasteiger partial charge in [0.2, 0.25) is 10.0 Å². The Bertz CT molecular complexity index is 650. The van der Waals surface area contributed by atoms with Gasteiger partial charge < -0.3 is 5.32 Å². The SMILES string of the molecule is NS(=O)(=O)CCNCCc1cccc2cccnc12. The number of fused-ring (bicyclic) bond motifs is 1. The summed E-state index contributed by atoms with van der Waals surface area (Å²) in [7, 11) is -3.38. The topological polar surface area (TPSA) is 85.1 Å². The van der Waals surface area contributed by atoms with Crippen LogP contribution in [-0.2, 0) is 16.4 Å². The van der Waals surface area contributed by atoms with Gasteiger partial charge in [-0.25, -0.2) is 13.6 Å². The number of sulfonamides is 1. The third kappa shape index (κ3) is 4.27. The van der Waals surface area contributed by atoms with Crippen molar-refractivity contribution >= 4 is 20.9 Å². The maximum atomic E-state index is 10.8. The minimum Gasteiger partial charge on any atom is -0.315 e. The number of pyridine rings is 1. The van der Waals surface area contributed by atoms with Crippen LogP contribution in [-0.4, -0.2) is 32.2 Å². The second kappa shape index (κ2) is 6.10. The van der Waals surface area contributed by atoms with Crippen molar-refractivity contribution in [3.8, 4) is 0 Å². The molecule has 0 atom stereocenters. The number of nitrogens with one attached hydrogen (secondary N) is 1. The van der Waals surface area contributed by atoms with Gasteiger partial charge in [-0.2, -0.15) is 0 Å². The molecule has 0 bridgehead atoms. The molecule has 2 aromatic rings. The molecule has 6 heteroatoms. The maximum Gasteiger partial charge on any atom is 0.210 e. The van der Waals surface area contributed by atoms with E-state index in [0.717, 1.165) is 22.9 Å². The predicted octanol–water partition coefficient (Wildman–Crippen LogP) is 0.655. The van der Waals surface area contributed by atoms with E-state index < -0.39 is 10.0 Å². The molecule has 5 nitrogen and oxygen atoms in total. The number of nitrogens with zero attached hydrogens (tertiary/aromatic N) is 1. The fourth-order valence-electron chi connectivity index (χ4n) is 1.93. The molecule has 2 rings (SSSR count). The van der Waals surface area contributed by atoms with Crippen molar-refractivity contribution in [2.45, 2.75) is 6.42 Å². The van der Waals surface area contributed by atoms with Crippen LogP contribution in [0, 0.1) is 0 Å². The monoisotopic (exact) mass is 279 g/mol. The number of benzene rings is 1. The summed E-state index contributed by atoms with van der Waals surface area (Å²) >= 11 is 0. The molecule has 0 aliphatic heterocycles. The number of aromatic nitrogens is 1. The fraction of sp³-hybridized carbons (Fsp3) is 0.308. The number of hydrogen-bond donors (Lipinski definition) is 2. The van der Waals surface area contributed by atoms with Crippen LogP contribution in [0.5, 0.6) is 0 Å². The van der Waals surface area contributed by atoms with Crippen molar-refractivity contribution < 1.29 is 8.42 Å². The van der Waals surface area contributed by atoms with Crippen LogP contribution in [0.3, 0.4) is 0 Å². The number of rotatable bonds is 6. The van der Waals surface area contributed by atoms with Gasteiger partial charge in [-0.15, -0.1) is 0 Å². The number of para-hydroxylation sites is 1. The molecule has 0 saturated carbocycles. The van der Waals surface area contributed by atoms with Gasteiger partial charge in [-0.1, -0.05) is 24.3 Å². The molecule has 1 aromatic carbocycles. The van der Waals surface area contributed by atoms with Gasteiger partial charge in [0.15, 0.2) is 0 Å². The summed E-state index contributed by atoms with van der Waals surface area (Å²) in [6.45, 7) is 1.07. The van der Waals surface area contributed by atoms with Crippen LogP contribution in [0.15, 0.2) is 36.5 Å². The molecular weight excluding hydrogens is 262 g/mol. The highest BCUT2D eigenvalue weighted by Gasteiger charge is 2.03. The second-order valence-electron chi connectivity index (χ2n) is 4.36. The molecule has 19 heavy (non-hydrogen) atoms. The largest absolute Gasteiger partial charge is 0.315 e. The fourth-order valence-corrected chi connectivity index (χ4v) is 2.36. The van der Waals surface area contributed by atoms with Crippen molar-refractivity contribution in [3.05, 3.63) is 42.1 Å². The highest BCUT2D eigenvalue weighted by molar-refractivity contribution is 7.89. The van der Waals surface area contributed by atoms with Crippen molar-refractivity contribution in [2.75, 3.05) is 18.8 Å². The van der Waals surface area contributed by atoms with Crippen molar-refractivity contribution in [1.82, 2.24) is 10.3 Å². The van der Waals surface area contributed by atoms with Crippen molar-refractivity contribution in [2.24, 2.45) is 5.14 Å². The summed E-state index contributed by atoms with van der Waals surface area (Å²) < 4.78 is 21.5. The molecular formula is C13H17N3O2S. The lowest BCUT2D eigenvalue weighted by Crippen LogP contribution is -2.28. The lowest BCUT2D eigenvalue weighted by atomic mass is 10.1. The normalized spacial score (nSPS) is 11.8. The van der Waals surface area contributed by atoms with Gasteiger partial charge in [0.25, 0.3) is 0 Å². The summed E-state index contributed by atoms with van der Waals surface area (Å²) in [4.78, 5) is 4.38. The van der Waals surface area contributed by atoms with Crippen LogP contribution in [0.25, 0.3) is 10.9 Å². The van der Waals surface area contributed by atoms with Crippen LogP contribution >= 0.6 is 0 Å². The van der Waals surface area contributed by atoms with Gasteiger partial charge >= 0.3 is 0 Å². The molecule has 0 amide bonds. The average molecular weight is 279 g/mol. The Labute approximate surface area is 112 Å². The van der Waals surface area contributed by atoms with Crippen LogP contribution < -0.4 is 10.5 Å². The Hall–Kier alpha value is -1.50. The van der Waals surface area contributed by atoms with Crippen LogP contribution in [0.2, 0.25) is 0 Å². The third-order valence-corrected chi connectivity index (χ3v) is 3.62. The van der Waals surface area contributed by atoms with Crippen LogP contribution in [0.1, 0.15) is 5.56 Å². The van der Waals surface area contributed by atoms with Gasteiger partial charge in [0.1, 0.15) is 0 Å². The molecule has 0 aliphatic carbocycles. The van der Waals surface area contributed by atoms with E-state index in [1.165, 1.54) is 0 Å². The summed E-state index contributed by atoms with van der Waals surface area (Å²) in [6.07, 6.45) is 2.58. The Morgan fingerprint density at radius 2 is 1.95 bits per heavy atom. The molecule has 0 saturated heterocycles. The molecule has 1 aromatic heterocycles.